The summed E-state index contributed by atoms with van der Waals surface area (Å²) in [7, 11) is 0. The van der Waals surface area contributed by atoms with Crippen LogP contribution in [0.25, 0.3) is 0 Å². The van der Waals surface area contributed by atoms with Crippen molar-refractivity contribution in [3.05, 3.63) is 56.9 Å². The molecule has 2 rings (SSSR count). The van der Waals surface area contributed by atoms with Gasteiger partial charge >= 0.3 is 0 Å². The molecule has 0 aliphatic rings. The Bertz CT molecular complexity index is 540. The Morgan fingerprint density at radius 1 is 1.11 bits per heavy atom. The topological polar surface area (TPSA) is 22.1 Å². The summed E-state index contributed by atoms with van der Waals surface area (Å²) < 4.78 is 7.09. The van der Waals surface area contributed by atoms with E-state index in [4.69, 9.17) is 4.74 Å². The van der Waals surface area contributed by atoms with Gasteiger partial charge in [0.25, 0.3) is 0 Å². The van der Waals surface area contributed by atoms with Crippen LogP contribution in [0.2, 0.25) is 0 Å². The number of aryl methyl sites for hydroxylation is 2. The van der Waals surface area contributed by atoms with E-state index in [9.17, 15) is 0 Å². The number of hydrogen-bond donors (Lipinski definition) is 0. The molecule has 0 bridgehead atoms. The second-order valence-electron chi connectivity index (χ2n) is 4.35. The predicted molar refractivity (Wildman–Crippen MR) is 86.5 cm³/mol. The normalized spacial score (nSPS) is 10.5. The van der Waals surface area contributed by atoms with Gasteiger partial charge < -0.3 is 4.74 Å². The van der Waals surface area contributed by atoms with Crippen LogP contribution in [0.5, 0.6) is 5.75 Å². The molecule has 0 radical (unpaired) electrons. The van der Waals surface area contributed by atoms with Crippen LogP contribution in [0.1, 0.15) is 30.8 Å². The lowest BCUT2D eigenvalue weighted by atomic mass is 10.2. The molecule has 0 N–H and O–H groups in total. The van der Waals surface area contributed by atoms with E-state index in [0.717, 1.165) is 33.5 Å². The third kappa shape index (κ3) is 3.69. The van der Waals surface area contributed by atoms with Gasteiger partial charge in [-0.25, -0.2) is 0 Å². The molecule has 100 valence electrons. The van der Waals surface area contributed by atoms with Crippen LogP contribution in [0.3, 0.4) is 0 Å². The van der Waals surface area contributed by atoms with E-state index < -0.39 is 0 Å². The zero-order valence-corrected chi connectivity index (χ0v) is 13.5. The van der Waals surface area contributed by atoms with Gasteiger partial charge in [-0.05, 0) is 41.0 Å². The summed E-state index contributed by atoms with van der Waals surface area (Å²) in [5.74, 6) is 0.952. The van der Waals surface area contributed by atoms with Gasteiger partial charge in [-0.2, -0.15) is 0 Å². The molecule has 1 aromatic heterocycles. The number of benzene rings is 1. The molecular formula is C16H18INO. The predicted octanol–water partition coefficient (Wildman–Crippen LogP) is 4.39. The lowest BCUT2D eigenvalue weighted by Gasteiger charge is -2.12. The van der Waals surface area contributed by atoms with Gasteiger partial charge in [0.2, 0.25) is 0 Å². The number of nitrogens with zero attached hydrogens (tertiary/aromatic N) is 1. The third-order valence-electron chi connectivity index (χ3n) is 2.98. The summed E-state index contributed by atoms with van der Waals surface area (Å²) in [5.41, 5.74) is 3.41. The fourth-order valence-corrected chi connectivity index (χ4v) is 2.68. The molecule has 0 saturated carbocycles. The number of aromatic nitrogens is 1. The highest BCUT2D eigenvalue weighted by molar-refractivity contribution is 14.1. The summed E-state index contributed by atoms with van der Waals surface area (Å²) in [6.07, 6.45) is 1.87. The average molecular weight is 367 g/mol. The molecule has 0 amide bonds. The number of hydrogen-bond acceptors (Lipinski definition) is 2. The van der Waals surface area contributed by atoms with Crippen molar-refractivity contribution < 1.29 is 4.74 Å². The third-order valence-corrected chi connectivity index (χ3v) is 4.13. The largest absolute Gasteiger partial charge is 0.488 e. The lowest BCUT2D eigenvalue weighted by molar-refractivity contribution is 0.302. The van der Waals surface area contributed by atoms with Crippen LogP contribution in [0.4, 0.5) is 0 Å². The summed E-state index contributed by atoms with van der Waals surface area (Å²) in [4.78, 5) is 4.64. The zero-order chi connectivity index (χ0) is 13.7. The van der Waals surface area contributed by atoms with Crippen LogP contribution in [-0.2, 0) is 19.4 Å². The highest BCUT2D eigenvalue weighted by Gasteiger charge is 2.10. The SMILES string of the molecule is CCc1cc(OCc2ccccc2)c(I)c(CC)n1. The van der Waals surface area contributed by atoms with E-state index >= 15 is 0 Å². The van der Waals surface area contributed by atoms with Gasteiger partial charge in [-0.15, -0.1) is 0 Å². The molecule has 0 aliphatic heterocycles. The summed E-state index contributed by atoms with van der Waals surface area (Å²) in [5, 5.41) is 0. The van der Waals surface area contributed by atoms with Gasteiger partial charge in [0.1, 0.15) is 12.4 Å². The van der Waals surface area contributed by atoms with Crippen molar-refractivity contribution in [1.82, 2.24) is 4.98 Å². The number of ether oxygens (including phenoxy) is 1. The Hall–Kier alpha value is -1.10. The Morgan fingerprint density at radius 2 is 1.84 bits per heavy atom. The summed E-state index contributed by atoms with van der Waals surface area (Å²) in [6, 6.07) is 12.3. The van der Waals surface area contributed by atoms with Crippen LogP contribution < -0.4 is 4.74 Å². The van der Waals surface area contributed by atoms with Crippen molar-refractivity contribution in [2.75, 3.05) is 0 Å². The standard InChI is InChI=1S/C16H18INO/c1-3-13-10-15(16(17)14(4-2)18-13)19-11-12-8-6-5-7-9-12/h5-10H,3-4,11H2,1-2H3. The van der Waals surface area contributed by atoms with Crippen molar-refractivity contribution in [3.8, 4) is 5.75 Å². The molecule has 19 heavy (non-hydrogen) atoms. The average Bonchev–Trinajstić information content (AvgIpc) is 2.47. The molecule has 0 aliphatic carbocycles. The Labute approximate surface area is 128 Å². The van der Waals surface area contributed by atoms with Crippen molar-refractivity contribution in [2.45, 2.75) is 33.3 Å². The van der Waals surface area contributed by atoms with Crippen molar-refractivity contribution >= 4 is 22.6 Å². The maximum atomic E-state index is 5.96. The Morgan fingerprint density at radius 3 is 2.47 bits per heavy atom. The number of halogens is 1. The first-order valence-corrected chi connectivity index (χ1v) is 7.67. The lowest BCUT2D eigenvalue weighted by Crippen LogP contribution is -2.03. The number of pyridine rings is 1. The first-order valence-electron chi connectivity index (χ1n) is 6.59. The van der Waals surface area contributed by atoms with Crippen molar-refractivity contribution in [2.24, 2.45) is 0 Å². The van der Waals surface area contributed by atoms with E-state index in [1.165, 1.54) is 5.56 Å². The van der Waals surface area contributed by atoms with E-state index in [1.807, 2.05) is 18.2 Å². The second kappa shape index (κ2) is 6.89. The maximum absolute atomic E-state index is 5.96. The van der Waals surface area contributed by atoms with Gasteiger partial charge in [0, 0.05) is 11.8 Å². The Balaban J connectivity index is 2.19. The fourth-order valence-electron chi connectivity index (χ4n) is 1.87. The highest BCUT2D eigenvalue weighted by atomic mass is 127. The minimum absolute atomic E-state index is 0.604. The maximum Gasteiger partial charge on any atom is 0.136 e. The number of rotatable bonds is 5. The van der Waals surface area contributed by atoms with Gasteiger partial charge in [-0.1, -0.05) is 44.2 Å². The fraction of sp³-hybridized carbons (Fsp3) is 0.312. The van der Waals surface area contributed by atoms with E-state index in [2.05, 4.69) is 59.6 Å². The molecule has 3 heteroatoms. The van der Waals surface area contributed by atoms with E-state index in [1.54, 1.807) is 0 Å². The Kier molecular flexibility index (Phi) is 5.19. The first-order chi connectivity index (χ1) is 9.24. The van der Waals surface area contributed by atoms with Gasteiger partial charge in [-0.3, -0.25) is 4.98 Å². The molecule has 0 atom stereocenters. The molecule has 2 aromatic rings. The quantitative estimate of drug-likeness (QED) is 0.732. The molecule has 1 heterocycles. The zero-order valence-electron chi connectivity index (χ0n) is 11.3. The molecule has 2 nitrogen and oxygen atoms in total. The molecule has 0 fully saturated rings. The molecule has 0 unspecified atom stereocenters. The molecule has 0 spiro atoms. The molecule has 0 saturated heterocycles. The van der Waals surface area contributed by atoms with Crippen LogP contribution in [-0.4, -0.2) is 4.98 Å². The minimum atomic E-state index is 0.604. The van der Waals surface area contributed by atoms with E-state index in [0.29, 0.717) is 6.61 Å². The monoisotopic (exact) mass is 367 g/mol. The molecular weight excluding hydrogens is 349 g/mol. The van der Waals surface area contributed by atoms with Gasteiger partial charge in [0.05, 0.1) is 9.26 Å². The van der Waals surface area contributed by atoms with Crippen LogP contribution in [0, 0.1) is 3.57 Å². The summed E-state index contributed by atoms with van der Waals surface area (Å²) >= 11 is 2.33. The first kappa shape index (κ1) is 14.3. The minimum Gasteiger partial charge on any atom is -0.488 e. The van der Waals surface area contributed by atoms with Crippen molar-refractivity contribution in [3.63, 3.8) is 0 Å². The smallest absolute Gasteiger partial charge is 0.136 e. The van der Waals surface area contributed by atoms with Crippen molar-refractivity contribution in [1.29, 1.82) is 0 Å². The van der Waals surface area contributed by atoms with Crippen LogP contribution in [0.15, 0.2) is 36.4 Å². The van der Waals surface area contributed by atoms with Crippen LogP contribution >= 0.6 is 22.6 Å². The second-order valence-corrected chi connectivity index (χ2v) is 5.43. The van der Waals surface area contributed by atoms with E-state index in [-0.39, 0.29) is 0 Å². The van der Waals surface area contributed by atoms with Gasteiger partial charge in [0.15, 0.2) is 0 Å². The highest BCUT2D eigenvalue weighted by Crippen LogP contribution is 2.26. The summed E-state index contributed by atoms with van der Waals surface area (Å²) in [6.45, 7) is 4.85. The molecule has 1 aromatic carbocycles.